The number of hydrogen-bond acceptors (Lipinski definition) is 4. The van der Waals surface area contributed by atoms with Gasteiger partial charge in [0.2, 0.25) is 5.91 Å². The van der Waals surface area contributed by atoms with E-state index in [0.717, 1.165) is 0 Å². The molecule has 0 spiro atoms. The Balaban J connectivity index is 2.71. The van der Waals surface area contributed by atoms with Crippen LogP contribution < -0.4 is 11.1 Å². The second-order valence-corrected chi connectivity index (χ2v) is 3.85. The van der Waals surface area contributed by atoms with Gasteiger partial charge >= 0.3 is 5.97 Å². The van der Waals surface area contributed by atoms with Gasteiger partial charge in [-0.3, -0.25) is 4.79 Å². The fraction of sp³-hybridized carbons (Fsp3) is 0.333. The van der Waals surface area contributed by atoms with Crippen LogP contribution in [0.3, 0.4) is 0 Å². The maximum Gasteiger partial charge on any atom is 0.338 e. The summed E-state index contributed by atoms with van der Waals surface area (Å²) < 4.78 is 5.06. The number of primary amides is 1. The summed E-state index contributed by atoms with van der Waals surface area (Å²) in [4.78, 5) is 22.2. The molecule has 0 fully saturated rings. The molecule has 0 heterocycles. The first kappa shape index (κ1) is 13.0. The molecule has 0 aliphatic rings. The van der Waals surface area contributed by atoms with Crippen LogP contribution in [0.15, 0.2) is 24.3 Å². The monoisotopic (exact) mass is 236 g/mol. The van der Waals surface area contributed by atoms with Gasteiger partial charge in [0.15, 0.2) is 0 Å². The normalized spacial score (nSPS) is 10.1. The predicted molar refractivity (Wildman–Crippen MR) is 64.7 cm³/mol. The van der Waals surface area contributed by atoms with Gasteiger partial charge in [0.25, 0.3) is 0 Å². The van der Waals surface area contributed by atoms with E-state index in [2.05, 4.69) is 5.32 Å². The van der Waals surface area contributed by atoms with Gasteiger partial charge in [-0.05, 0) is 32.0 Å². The smallest absolute Gasteiger partial charge is 0.338 e. The minimum Gasteiger partial charge on any atom is -0.459 e. The molecule has 17 heavy (non-hydrogen) atoms. The van der Waals surface area contributed by atoms with Crippen LogP contribution >= 0.6 is 0 Å². The summed E-state index contributed by atoms with van der Waals surface area (Å²) in [6, 6.07) is 6.73. The van der Waals surface area contributed by atoms with Crippen LogP contribution in [0.2, 0.25) is 0 Å². The third-order valence-electron chi connectivity index (χ3n) is 1.91. The number of hydrogen-bond donors (Lipinski definition) is 2. The van der Waals surface area contributed by atoms with Crippen molar-refractivity contribution in [3.05, 3.63) is 29.8 Å². The van der Waals surface area contributed by atoms with Crippen LogP contribution in [-0.4, -0.2) is 24.5 Å². The second kappa shape index (κ2) is 5.89. The number of carbonyl (C=O) groups excluding carboxylic acids is 2. The lowest BCUT2D eigenvalue weighted by Crippen LogP contribution is -2.22. The highest BCUT2D eigenvalue weighted by Crippen LogP contribution is 2.12. The Morgan fingerprint density at radius 1 is 1.41 bits per heavy atom. The highest BCUT2D eigenvalue weighted by atomic mass is 16.5. The number of nitrogens with one attached hydrogen (secondary N) is 1. The summed E-state index contributed by atoms with van der Waals surface area (Å²) in [7, 11) is 0. The van der Waals surface area contributed by atoms with Gasteiger partial charge in [0.1, 0.15) is 0 Å². The molecular formula is C12H16N2O3. The fourth-order valence-corrected chi connectivity index (χ4v) is 1.23. The van der Waals surface area contributed by atoms with E-state index in [0.29, 0.717) is 11.3 Å². The van der Waals surface area contributed by atoms with E-state index in [1.165, 1.54) is 0 Å². The molecule has 92 valence electrons. The molecule has 0 saturated carbocycles. The highest BCUT2D eigenvalue weighted by molar-refractivity contribution is 5.90. The molecule has 0 atom stereocenters. The summed E-state index contributed by atoms with van der Waals surface area (Å²) >= 11 is 0. The summed E-state index contributed by atoms with van der Waals surface area (Å²) in [5, 5.41) is 2.81. The number of esters is 1. The van der Waals surface area contributed by atoms with Crippen LogP contribution in [0.4, 0.5) is 5.69 Å². The maximum atomic E-state index is 11.6. The van der Waals surface area contributed by atoms with Gasteiger partial charge in [0, 0.05) is 5.69 Å². The first-order valence-electron chi connectivity index (χ1n) is 5.32. The van der Waals surface area contributed by atoms with Crippen molar-refractivity contribution in [2.75, 3.05) is 11.9 Å². The lowest BCUT2D eigenvalue weighted by Gasteiger charge is -2.09. The number of amides is 1. The maximum absolute atomic E-state index is 11.6. The minimum absolute atomic E-state index is 0.0304. The largest absolute Gasteiger partial charge is 0.459 e. The lowest BCUT2D eigenvalue weighted by atomic mass is 10.2. The summed E-state index contributed by atoms with van der Waals surface area (Å²) in [5.41, 5.74) is 6.10. The fourth-order valence-electron chi connectivity index (χ4n) is 1.23. The van der Waals surface area contributed by atoms with Crippen molar-refractivity contribution < 1.29 is 14.3 Å². The Labute approximate surface area is 99.9 Å². The number of carbonyl (C=O) groups is 2. The molecule has 1 rings (SSSR count). The summed E-state index contributed by atoms with van der Waals surface area (Å²) in [5.74, 6) is -0.845. The molecule has 5 heteroatoms. The van der Waals surface area contributed by atoms with Crippen molar-refractivity contribution in [1.82, 2.24) is 0 Å². The number of benzene rings is 1. The second-order valence-electron chi connectivity index (χ2n) is 3.85. The van der Waals surface area contributed by atoms with Crippen LogP contribution in [-0.2, 0) is 9.53 Å². The molecule has 3 N–H and O–H groups in total. The van der Waals surface area contributed by atoms with Crippen molar-refractivity contribution in [2.24, 2.45) is 5.73 Å². The summed E-state index contributed by atoms with van der Waals surface area (Å²) in [6.45, 7) is 3.60. The molecule has 5 nitrogen and oxygen atoms in total. The molecule has 0 aliphatic heterocycles. The van der Waals surface area contributed by atoms with Crippen molar-refractivity contribution in [3.63, 3.8) is 0 Å². The Morgan fingerprint density at radius 3 is 2.71 bits per heavy atom. The van der Waals surface area contributed by atoms with Gasteiger partial charge in [-0.15, -0.1) is 0 Å². The van der Waals surface area contributed by atoms with Crippen LogP contribution in [0, 0.1) is 0 Å². The van der Waals surface area contributed by atoms with Crippen molar-refractivity contribution >= 4 is 17.6 Å². The average molecular weight is 236 g/mol. The van der Waals surface area contributed by atoms with E-state index in [-0.39, 0.29) is 18.6 Å². The zero-order chi connectivity index (χ0) is 12.8. The molecule has 1 amide bonds. The molecule has 1 aromatic carbocycles. The SMILES string of the molecule is CC(C)OC(=O)c1cccc(NCC(N)=O)c1. The lowest BCUT2D eigenvalue weighted by molar-refractivity contribution is -0.116. The van der Waals surface area contributed by atoms with Gasteiger partial charge in [-0.25, -0.2) is 4.79 Å². The molecule has 0 saturated heterocycles. The van der Waals surface area contributed by atoms with E-state index in [1.54, 1.807) is 38.1 Å². The van der Waals surface area contributed by atoms with Gasteiger partial charge in [-0.2, -0.15) is 0 Å². The predicted octanol–water partition coefficient (Wildman–Crippen LogP) is 1.15. The van der Waals surface area contributed by atoms with E-state index in [1.807, 2.05) is 0 Å². The third-order valence-corrected chi connectivity index (χ3v) is 1.91. The molecule has 0 radical (unpaired) electrons. The molecule has 0 bridgehead atoms. The Morgan fingerprint density at radius 2 is 2.12 bits per heavy atom. The highest BCUT2D eigenvalue weighted by Gasteiger charge is 2.09. The molecular weight excluding hydrogens is 220 g/mol. The van der Waals surface area contributed by atoms with Crippen molar-refractivity contribution in [1.29, 1.82) is 0 Å². The first-order valence-corrected chi connectivity index (χ1v) is 5.32. The number of anilines is 1. The quantitative estimate of drug-likeness (QED) is 0.751. The molecule has 0 aliphatic carbocycles. The standard InChI is InChI=1S/C12H16N2O3/c1-8(2)17-12(16)9-4-3-5-10(6-9)14-7-11(13)15/h3-6,8,14H,7H2,1-2H3,(H2,13,15). The average Bonchev–Trinajstić information content (AvgIpc) is 2.26. The molecule has 1 aromatic rings. The van der Waals surface area contributed by atoms with Crippen LogP contribution in [0.1, 0.15) is 24.2 Å². The van der Waals surface area contributed by atoms with Crippen molar-refractivity contribution in [2.45, 2.75) is 20.0 Å². The Hall–Kier alpha value is -2.04. The van der Waals surface area contributed by atoms with E-state index < -0.39 is 5.91 Å². The van der Waals surface area contributed by atoms with E-state index in [4.69, 9.17) is 10.5 Å². The van der Waals surface area contributed by atoms with Crippen LogP contribution in [0.25, 0.3) is 0 Å². The zero-order valence-corrected chi connectivity index (χ0v) is 9.90. The minimum atomic E-state index is -0.458. The topological polar surface area (TPSA) is 81.4 Å². The molecule has 0 unspecified atom stereocenters. The first-order chi connectivity index (χ1) is 7.99. The summed E-state index contributed by atoms with van der Waals surface area (Å²) in [6.07, 6.45) is -0.162. The van der Waals surface area contributed by atoms with Crippen LogP contribution in [0.5, 0.6) is 0 Å². The van der Waals surface area contributed by atoms with E-state index in [9.17, 15) is 9.59 Å². The Bertz CT molecular complexity index is 416. The third kappa shape index (κ3) is 4.55. The van der Waals surface area contributed by atoms with E-state index >= 15 is 0 Å². The van der Waals surface area contributed by atoms with Gasteiger partial charge in [0.05, 0.1) is 18.2 Å². The number of nitrogens with two attached hydrogens (primary N) is 1. The van der Waals surface area contributed by atoms with Crippen molar-refractivity contribution in [3.8, 4) is 0 Å². The number of ether oxygens (including phenoxy) is 1. The molecule has 0 aromatic heterocycles. The Kier molecular flexibility index (Phi) is 4.51. The van der Waals surface area contributed by atoms with Gasteiger partial charge < -0.3 is 15.8 Å². The number of rotatable bonds is 5. The van der Waals surface area contributed by atoms with Gasteiger partial charge in [-0.1, -0.05) is 6.07 Å². The zero-order valence-electron chi connectivity index (χ0n) is 9.90.